The number of carboxylic acid groups (broad SMARTS) is 1. The number of hydrogen-bond donors (Lipinski definition) is 2. The predicted molar refractivity (Wildman–Crippen MR) is 99.1 cm³/mol. The van der Waals surface area contributed by atoms with Crippen LogP contribution in [0.25, 0.3) is 0 Å². The number of carbonyl (C=O) groups is 1. The summed E-state index contributed by atoms with van der Waals surface area (Å²) in [4.78, 5) is 11.7. The topological polar surface area (TPSA) is 140 Å². The smallest absolute Gasteiger partial charge is 0.522 e. The van der Waals surface area contributed by atoms with E-state index < -0.39 is 29.2 Å². The Morgan fingerprint density at radius 2 is 2.07 bits per heavy atom. The highest BCUT2D eigenvalue weighted by atomic mass is 32.2. The van der Waals surface area contributed by atoms with Crippen molar-refractivity contribution >= 4 is 23.1 Å². The molecule has 4 rings (SSSR count). The molecule has 1 fully saturated rings. The zero-order valence-corrected chi connectivity index (χ0v) is 15.9. The zero-order chi connectivity index (χ0) is 20.8. The molecule has 1 saturated heterocycles. The third-order valence-corrected chi connectivity index (χ3v) is 6.65. The number of hydrogen-bond acceptors (Lipinski definition) is 7. The molecule has 2 aromatic rings. The Balaban J connectivity index is 1.52. The Kier molecular flexibility index (Phi) is 4.85. The van der Waals surface area contributed by atoms with Crippen LogP contribution < -0.4 is 14.1 Å². The van der Waals surface area contributed by atoms with Crippen LogP contribution in [-0.2, 0) is 16.4 Å². The first-order chi connectivity index (χ1) is 13.8. The standard InChI is InChI=1S/C17H17BN2O8S/c21-17(22)15-13(5-4-11-6-7-18(23)28-16(11)15)27-12-9-19(10-12)29(25,26)14-3-1-2-8-20(14)24/h1-5,8,12,23H,6-7,9-10H2,(H,21,22). The summed E-state index contributed by atoms with van der Waals surface area (Å²) in [6.07, 6.45) is 1.35. The van der Waals surface area contributed by atoms with Gasteiger partial charge in [0.05, 0.1) is 13.1 Å². The number of rotatable bonds is 5. The fourth-order valence-electron chi connectivity index (χ4n) is 3.31. The van der Waals surface area contributed by atoms with Crippen molar-refractivity contribution in [3.8, 4) is 11.5 Å². The van der Waals surface area contributed by atoms with E-state index in [1.165, 1.54) is 24.3 Å². The van der Waals surface area contributed by atoms with Crippen molar-refractivity contribution in [2.75, 3.05) is 13.1 Å². The van der Waals surface area contributed by atoms with Gasteiger partial charge in [-0.1, -0.05) is 6.07 Å². The first kappa shape index (κ1) is 19.5. The molecule has 0 radical (unpaired) electrons. The normalized spacial score (nSPS) is 17.2. The molecule has 10 nitrogen and oxygen atoms in total. The molecule has 1 aromatic heterocycles. The second-order valence-corrected chi connectivity index (χ2v) is 8.65. The predicted octanol–water partition coefficient (Wildman–Crippen LogP) is -0.114. The monoisotopic (exact) mass is 420 g/mol. The molecule has 2 N–H and O–H groups in total. The van der Waals surface area contributed by atoms with Gasteiger partial charge in [0.2, 0.25) is 0 Å². The molecule has 29 heavy (non-hydrogen) atoms. The maximum atomic E-state index is 12.5. The van der Waals surface area contributed by atoms with Gasteiger partial charge < -0.3 is 24.7 Å². The minimum atomic E-state index is -3.98. The van der Waals surface area contributed by atoms with Crippen LogP contribution in [0.1, 0.15) is 15.9 Å². The van der Waals surface area contributed by atoms with Gasteiger partial charge in [-0.05, 0) is 30.4 Å². The Hall–Kier alpha value is -2.83. The van der Waals surface area contributed by atoms with Gasteiger partial charge in [-0.25, -0.2) is 13.2 Å². The number of pyridine rings is 1. The van der Waals surface area contributed by atoms with Crippen molar-refractivity contribution in [1.29, 1.82) is 0 Å². The van der Waals surface area contributed by atoms with Crippen LogP contribution in [0.15, 0.2) is 41.6 Å². The molecule has 0 aliphatic carbocycles. The molecule has 3 heterocycles. The summed E-state index contributed by atoms with van der Waals surface area (Å²) in [5.74, 6) is -1.17. The largest absolute Gasteiger partial charge is 0.618 e. The van der Waals surface area contributed by atoms with Gasteiger partial charge in [-0.3, -0.25) is 0 Å². The molecule has 12 heteroatoms. The Morgan fingerprint density at radius 1 is 1.31 bits per heavy atom. The molecule has 152 valence electrons. The molecule has 1 aromatic carbocycles. The number of aromatic carboxylic acids is 1. The Labute approximate surface area is 166 Å². The number of benzene rings is 1. The van der Waals surface area contributed by atoms with E-state index in [-0.39, 0.29) is 39.9 Å². The molecule has 0 spiro atoms. The summed E-state index contributed by atoms with van der Waals surface area (Å²) in [6.45, 7) is -0.0618. The van der Waals surface area contributed by atoms with Gasteiger partial charge >= 0.3 is 28.1 Å². The molecule has 0 unspecified atom stereocenters. The molecule has 0 atom stereocenters. The van der Waals surface area contributed by atoms with Crippen molar-refractivity contribution in [3.05, 3.63) is 52.9 Å². The summed E-state index contributed by atoms with van der Waals surface area (Å²) in [6, 6.07) is 7.27. The summed E-state index contributed by atoms with van der Waals surface area (Å²) in [5, 5.41) is 30.6. The minimum absolute atomic E-state index is 0.0309. The number of fused-ring (bicyclic) bond motifs is 1. The Morgan fingerprint density at radius 3 is 2.76 bits per heavy atom. The van der Waals surface area contributed by atoms with E-state index in [4.69, 9.17) is 9.39 Å². The Bertz CT molecular complexity index is 1070. The van der Waals surface area contributed by atoms with Crippen LogP contribution in [0.3, 0.4) is 0 Å². The lowest BCUT2D eigenvalue weighted by atomic mass is 9.78. The van der Waals surface area contributed by atoms with Crippen LogP contribution in [-0.4, -0.2) is 55.1 Å². The van der Waals surface area contributed by atoms with Gasteiger partial charge in [0.1, 0.15) is 23.2 Å². The van der Waals surface area contributed by atoms with Crippen LogP contribution in [0.5, 0.6) is 11.5 Å². The van der Waals surface area contributed by atoms with Gasteiger partial charge in [-0.15, -0.1) is 0 Å². The first-order valence-electron chi connectivity index (χ1n) is 8.86. The van der Waals surface area contributed by atoms with Crippen molar-refractivity contribution in [3.63, 3.8) is 0 Å². The third kappa shape index (κ3) is 3.50. The summed E-state index contributed by atoms with van der Waals surface area (Å²) < 4.78 is 37.4. The van der Waals surface area contributed by atoms with Gasteiger partial charge in [0, 0.05) is 12.1 Å². The summed E-state index contributed by atoms with van der Waals surface area (Å²) >= 11 is 0. The van der Waals surface area contributed by atoms with E-state index >= 15 is 0 Å². The van der Waals surface area contributed by atoms with E-state index in [9.17, 15) is 28.6 Å². The van der Waals surface area contributed by atoms with Crippen molar-refractivity contribution in [2.45, 2.75) is 23.9 Å². The molecule has 2 aliphatic rings. The maximum absolute atomic E-state index is 12.5. The molecule has 2 aliphatic heterocycles. The lowest BCUT2D eigenvalue weighted by molar-refractivity contribution is -0.646. The second kappa shape index (κ2) is 7.21. The molecule has 0 amide bonds. The number of aromatic nitrogens is 1. The molecular formula is C17H17BN2O8S. The van der Waals surface area contributed by atoms with Gasteiger partial charge in [0.25, 0.3) is 0 Å². The van der Waals surface area contributed by atoms with Crippen molar-refractivity contribution in [2.24, 2.45) is 0 Å². The van der Waals surface area contributed by atoms with E-state index in [0.717, 1.165) is 10.5 Å². The van der Waals surface area contributed by atoms with E-state index in [1.807, 2.05) is 0 Å². The number of aryl methyl sites for hydroxylation is 1. The average molecular weight is 420 g/mol. The number of sulfonamides is 1. The first-order valence-corrected chi connectivity index (χ1v) is 10.3. The van der Waals surface area contributed by atoms with E-state index in [2.05, 4.69) is 0 Å². The molecular weight excluding hydrogens is 403 g/mol. The lowest BCUT2D eigenvalue weighted by Gasteiger charge is -2.37. The number of nitrogens with zero attached hydrogens (tertiary/aromatic N) is 2. The fraction of sp³-hybridized carbons (Fsp3) is 0.294. The van der Waals surface area contributed by atoms with Crippen LogP contribution in [0, 0.1) is 5.21 Å². The number of carboxylic acids is 1. The second-order valence-electron chi connectivity index (χ2n) is 6.77. The van der Waals surface area contributed by atoms with Crippen LogP contribution in [0.4, 0.5) is 0 Å². The summed E-state index contributed by atoms with van der Waals surface area (Å²) in [5.41, 5.74) is 0.449. The third-order valence-electron chi connectivity index (χ3n) is 4.83. The number of ether oxygens (including phenoxy) is 1. The SMILES string of the molecule is O=C(O)c1c(OC2CN(S(=O)(=O)c3cccc[n+]3[O-])C2)ccc2c1OB(O)CC2. The van der Waals surface area contributed by atoms with Gasteiger partial charge in [0.15, 0.2) is 6.20 Å². The lowest BCUT2D eigenvalue weighted by Crippen LogP contribution is -2.57. The van der Waals surface area contributed by atoms with Gasteiger partial charge in [-0.2, -0.15) is 9.04 Å². The quantitative estimate of drug-likeness (QED) is 0.388. The highest BCUT2D eigenvalue weighted by Gasteiger charge is 2.42. The van der Waals surface area contributed by atoms with Crippen LogP contribution >= 0.6 is 0 Å². The molecule has 0 saturated carbocycles. The van der Waals surface area contributed by atoms with Crippen molar-refractivity contribution in [1.82, 2.24) is 4.31 Å². The maximum Gasteiger partial charge on any atom is 0.522 e. The van der Waals surface area contributed by atoms with E-state index in [1.54, 1.807) is 6.07 Å². The average Bonchev–Trinajstić information content (AvgIpc) is 2.63. The summed E-state index contributed by atoms with van der Waals surface area (Å²) in [7, 11) is -5.07. The van der Waals surface area contributed by atoms with Crippen molar-refractivity contribution < 1.29 is 37.5 Å². The van der Waals surface area contributed by atoms with E-state index in [0.29, 0.717) is 18.3 Å². The highest BCUT2D eigenvalue weighted by molar-refractivity contribution is 7.89. The fourth-order valence-corrected chi connectivity index (χ4v) is 4.84. The van der Waals surface area contributed by atoms with Crippen LogP contribution in [0.2, 0.25) is 6.32 Å². The highest BCUT2D eigenvalue weighted by Crippen LogP contribution is 2.37. The molecule has 0 bridgehead atoms. The minimum Gasteiger partial charge on any atom is -0.618 e. The zero-order valence-electron chi connectivity index (χ0n) is 15.1.